The van der Waals surface area contributed by atoms with Gasteiger partial charge in [0.2, 0.25) is 10.0 Å². The quantitative estimate of drug-likeness (QED) is 0.827. The van der Waals surface area contributed by atoms with E-state index in [2.05, 4.69) is 0 Å². The number of nitrogens with zero attached hydrogens (tertiary/aromatic N) is 1. The molecule has 1 N–H and O–H groups in total. The van der Waals surface area contributed by atoms with E-state index in [0.717, 1.165) is 36.5 Å². The summed E-state index contributed by atoms with van der Waals surface area (Å²) in [4.78, 5) is 1.77. The summed E-state index contributed by atoms with van der Waals surface area (Å²) in [6.07, 6.45) is 0. The molecule has 1 heterocycles. The molecule has 0 aliphatic carbocycles. The van der Waals surface area contributed by atoms with Crippen LogP contribution in [0.3, 0.4) is 0 Å². The number of aryl methyl sites for hydroxylation is 2. The highest BCUT2D eigenvalue weighted by molar-refractivity contribution is 7.89. The van der Waals surface area contributed by atoms with Gasteiger partial charge in [-0.1, -0.05) is 35.9 Å². The van der Waals surface area contributed by atoms with Crippen LogP contribution in [0.2, 0.25) is 0 Å². The second-order valence-electron chi connectivity index (χ2n) is 6.83. The molecule has 0 bridgehead atoms. The number of hydrogen-bond donors (Lipinski definition) is 1. The normalized spacial score (nSPS) is 16.5. The molecule has 1 fully saturated rings. The molecule has 1 aliphatic rings. The van der Waals surface area contributed by atoms with Gasteiger partial charge < -0.3 is 9.64 Å². The first-order valence-electron chi connectivity index (χ1n) is 9.05. The largest absolute Gasteiger partial charge is 0.487 e. The van der Waals surface area contributed by atoms with E-state index in [1.54, 1.807) is 16.4 Å². The van der Waals surface area contributed by atoms with Gasteiger partial charge in [-0.25, -0.2) is 8.42 Å². The molecule has 140 valence electrons. The highest BCUT2D eigenvalue weighted by atomic mass is 32.2. The lowest BCUT2D eigenvalue weighted by atomic mass is 10.2. The molecule has 3 rings (SSSR count). The number of para-hydroxylation sites is 1. The molecule has 2 aromatic rings. The fourth-order valence-electron chi connectivity index (χ4n) is 3.18. The Bertz CT molecular complexity index is 826. The van der Waals surface area contributed by atoms with Gasteiger partial charge in [-0.2, -0.15) is 4.31 Å². The molecule has 0 saturated carbocycles. The van der Waals surface area contributed by atoms with Crippen LogP contribution in [0.15, 0.2) is 53.4 Å². The van der Waals surface area contributed by atoms with Gasteiger partial charge in [0.05, 0.1) is 31.1 Å². The highest BCUT2D eigenvalue weighted by Gasteiger charge is 2.30. The molecular weight excluding hydrogens is 348 g/mol. The summed E-state index contributed by atoms with van der Waals surface area (Å²) in [6, 6.07) is 15.1. The van der Waals surface area contributed by atoms with Gasteiger partial charge >= 0.3 is 0 Å². The predicted octanol–water partition coefficient (Wildman–Crippen LogP) is 1.27. The topological polar surface area (TPSA) is 51.0 Å². The Morgan fingerprint density at radius 3 is 2.31 bits per heavy atom. The van der Waals surface area contributed by atoms with Crippen molar-refractivity contribution in [3.63, 3.8) is 0 Å². The number of ether oxygens (including phenoxy) is 1. The van der Waals surface area contributed by atoms with Crippen LogP contribution < -0.4 is 9.64 Å². The van der Waals surface area contributed by atoms with E-state index in [9.17, 15) is 8.42 Å². The second-order valence-corrected chi connectivity index (χ2v) is 8.77. The SMILES string of the molecule is Cc1ccc(S(=O)(=O)N2CC[NH+](CCOc3ccccc3C)CC2)cc1. The zero-order valence-electron chi connectivity index (χ0n) is 15.4. The predicted molar refractivity (Wildman–Crippen MR) is 102 cm³/mol. The van der Waals surface area contributed by atoms with Crippen LogP contribution in [0, 0.1) is 13.8 Å². The summed E-state index contributed by atoms with van der Waals surface area (Å²) >= 11 is 0. The molecule has 5 nitrogen and oxygen atoms in total. The van der Waals surface area contributed by atoms with Crippen molar-refractivity contribution in [2.45, 2.75) is 18.7 Å². The van der Waals surface area contributed by atoms with Gasteiger partial charge in [-0.15, -0.1) is 0 Å². The van der Waals surface area contributed by atoms with Crippen molar-refractivity contribution in [3.8, 4) is 5.75 Å². The van der Waals surface area contributed by atoms with E-state index in [-0.39, 0.29) is 0 Å². The van der Waals surface area contributed by atoms with Crippen LogP contribution in [0.4, 0.5) is 0 Å². The van der Waals surface area contributed by atoms with Gasteiger partial charge in [0.1, 0.15) is 18.9 Å². The molecule has 6 heteroatoms. The summed E-state index contributed by atoms with van der Waals surface area (Å²) in [5, 5.41) is 0. The first-order valence-corrected chi connectivity index (χ1v) is 10.5. The van der Waals surface area contributed by atoms with Gasteiger partial charge in [-0.05, 0) is 37.6 Å². The van der Waals surface area contributed by atoms with E-state index in [0.29, 0.717) is 24.6 Å². The minimum Gasteiger partial charge on any atom is -0.487 e. The second kappa shape index (κ2) is 8.20. The van der Waals surface area contributed by atoms with E-state index >= 15 is 0 Å². The smallest absolute Gasteiger partial charge is 0.243 e. The Balaban J connectivity index is 1.49. The molecule has 0 unspecified atom stereocenters. The molecule has 0 spiro atoms. The van der Waals surface area contributed by atoms with Crippen LogP contribution in [0.5, 0.6) is 5.75 Å². The summed E-state index contributed by atoms with van der Waals surface area (Å²) < 4.78 is 32.9. The minimum absolute atomic E-state index is 0.384. The third kappa shape index (κ3) is 4.44. The van der Waals surface area contributed by atoms with Gasteiger partial charge in [-0.3, -0.25) is 0 Å². The zero-order chi connectivity index (χ0) is 18.6. The third-order valence-corrected chi connectivity index (χ3v) is 6.81. The highest BCUT2D eigenvalue weighted by Crippen LogP contribution is 2.17. The number of sulfonamides is 1. The number of hydrogen-bond acceptors (Lipinski definition) is 3. The third-order valence-electron chi connectivity index (χ3n) is 4.90. The van der Waals surface area contributed by atoms with Gasteiger partial charge in [0.25, 0.3) is 0 Å². The van der Waals surface area contributed by atoms with Crippen molar-refractivity contribution in [1.82, 2.24) is 4.31 Å². The molecule has 0 amide bonds. The molecular formula is C20H27N2O3S+. The minimum atomic E-state index is -3.38. The van der Waals surface area contributed by atoms with Crippen molar-refractivity contribution in [3.05, 3.63) is 59.7 Å². The van der Waals surface area contributed by atoms with Crippen LogP contribution in [0.25, 0.3) is 0 Å². The van der Waals surface area contributed by atoms with Crippen molar-refractivity contribution in [2.24, 2.45) is 0 Å². The van der Waals surface area contributed by atoms with Crippen LogP contribution in [-0.4, -0.2) is 52.1 Å². The fourth-order valence-corrected chi connectivity index (χ4v) is 4.62. The molecule has 2 aromatic carbocycles. The first-order chi connectivity index (χ1) is 12.5. The maximum Gasteiger partial charge on any atom is 0.243 e. The standard InChI is InChI=1S/C20H26N2O3S/c1-17-7-9-19(10-8-17)26(23,24)22-13-11-21(12-14-22)15-16-25-20-6-4-3-5-18(20)2/h3-10H,11-16H2,1-2H3/p+1. The zero-order valence-corrected chi connectivity index (χ0v) is 16.3. The lowest BCUT2D eigenvalue weighted by Crippen LogP contribution is -3.15. The van der Waals surface area contributed by atoms with Crippen LogP contribution in [-0.2, 0) is 10.0 Å². The van der Waals surface area contributed by atoms with E-state index in [1.807, 2.05) is 50.2 Å². The summed E-state index contributed by atoms with van der Waals surface area (Å²) in [5.74, 6) is 0.924. The molecule has 26 heavy (non-hydrogen) atoms. The average Bonchev–Trinajstić information content (AvgIpc) is 2.64. The molecule has 0 radical (unpaired) electrons. The van der Waals surface area contributed by atoms with Gasteiger partial charge in [0, 0.05) is 0 Å². The molecule has 1 aliphatic heterocycles. The fraction of sp³-hybridized carbons (Fsp3) is 0.400. The number of nitrogens with one attached hydrogen (secondary N) is 1. The number of quaternary nitrogens is 1. The first kappa shape index (κ1) is 18.9. The van der Waals surface area contributed by atoms with E-state index < -0.39 is 10.0 Å². The summed E-state index contributed by atoms with van der Waals surface area (Å²) in [6.45, 7) is 8.24. The van der Waals surface area contributed by atoms with Crippen molar-refractivity contribution in [1.29, 1.82) is 0 Å². The van der Waals surface area contributed by atoms with E-state index in [1.165, 1.54) is 4.90 Å². The molecule has 1 saturated heterocycles. The Labute approximate surface area is 156 Å². The Morgan fingerprint density at radius 2 is 1.65 bits per heavy atom. The lowest BCUT2D eigenvalue weighted by Gasteiger charge is -2.31. The summed E-state index contributed by atoms with van der Waals surface area (Å²) in [7, 11) is -3.38. The van der Waals surface area contributed by atoms with Crippen LogP contribution in [0.1, 0.15) is 11.1 Å². The van der Waals surface area contributed by atoms with Crippen molar-refractivity contribution >= 4 is 10.0 Å². The van der Waals surface area contributed by atoms with Crippen molar-refractivity contribution < 1.29 is 18.1 Å². The van der Waals surface area contributed by atoms with Crippen molar-refractivity contribution in [2.75, 3.05) is 39.3 Å². The monoisotopic (exact) mass is 375 g/mol. The van der Waals surface area contributed by atoms with Crippen LogP contribution >= 0.6 is 0 Å². The van der Waals surface area contributed by atoms with E-state index in [4.69, 9.17) is 4.74 Å². The lowest BCUT2D eigenvalue weighted by molar-refractivity contribution is -0.903. The maximum absolute atomic E-state index is 12.7. The number of benzene rings is 2. The molecule has 0 aromatic heterocycles. The number of piperazine rings is 1. The average molecular weight is 376 g/mol. The maximum atomic E-state index is 12.7. The Kier molecular flexibility index (Phi) is 5.96. The molecule has 0 atom stereocenters. The Morgan fingerprint density at radius 1 is 1.00 bits per heavy atom. The van der Waals surface area contributed by atoms with Gasteiger partial charge in [0.15, 0.2) is 0 Å². The summed E-state index contributed by atoms with van der Waals surface area (Å²) in [5.41, 5.74) is 2.20. The Hall–Kier alpha value is -1.89. The number of rotatable bonds is 6.